The van der Waals surface area contributed by atoms with Crippen molar-refractivity contribution in [3.05, 3.63) is 29.8 Å². The number of rotatable bonds is 5. The Morgan fingerprint density at radius 1 is 1.47 bits per heavy atom. The van der Waals surface area contributed by atoms with E-state index in [1.807, 2.05) is 4.57 Å². The van der Waals surface area contributed by atoms with Crippen LogP contribution in [0.25, 0.3) is 11.0 Å². The molecule has 0 N–H and O–H groups in total. The third-order valence-electron chi connectivity index (χ3n) is 2.64. The molecule has 0 radical (unpaired) electrons. The second-order valence-electron chi connectivity index (χ2n) is 3.79. The minimum Gasteiger partial charge on any atom is -0.327 e. The number of hydrogen-bond acceptors (Lipinski definition) is 2. The van der Waals surface area contributed by atoms with Gasteiger partial charge in [0, 0.05) is 6.54 Å². The molecule has 0 aliphatic carbocycles. The van der Waals surface area contributed by atoms with E-state index in [1.165, 1.54) is 12.1 Å². The number of halogens is 2. The molecule has 0 bridgehead atoms. The molecule has 1 aromatic carbocycles. The van der Waals surface area contributed by atoms with E-state index < -0.39 is 0 Å². The number of hydrogen-bond donors (Lipinski definition) is 0. The molecule has 0 saturated carbocycles. The number of aryl methyl sites for hydroxylation is 1. The average molecular weight is 273 g/mol. The van der Waals surface area contributed by atoms with Gasteiger partial charge in [0.15, 0.2) is 0 Å². The lowest BCUT2D eigenvalue weighted by Gasteiger charge is -2.06. The monoisotopic (exact) mass is 272 g/mol. The van der Waals surface area contributed by atoms with Gasteiger partial charge < -0.3 is 4.57 Å². The van der Waals surface area contributed by atoms with E-state index in [0.717, 1.165) is 35.6 Å². The van der Waals surface area contributed by atoms with Crippen molar-refractivity contribution in [2.75, 3.05) is 12.0 Å². The second kappa shape index (κ2) is 5.74. The quantitative estimate of drug-likeness (QED) is 0.611. The molecule has 1 aromatic heterocycles. The number of alkyl halides is 1. The summed E-state index contributed by atoms with van der Waals surface area (Å²) in [4.78, 5) is 4.41. The first-order valence-electron chi connectivity index (χ1n) is 5.46. The topological polar surface area (TPSA) is 17.8 Å². The highest BCUT2D eigenvalue weighted by Gasteiger charge is 2.10. The highest BCUT2D eigenvalue weighted by molar-refractivity contribution is 7.98. The van der Waals surface area contributed by atoms with Crippen molar-refractivity contribution < 1.29 is 4.39 Å². The maximum Gasteiger partial charge on any atom is 0.125 e. The highest BCUT2D eigenvalue weighted by atomic mass is 35.5. The lowest BCUT2D eigenvalue weighted by atomic mass is 10.3. The first kappa shape index (κ1) is 12.7. The van der Waals surface area contributed by atoms with Crippen LogP contribution < -0.4 is 0 Å². The summed E-state index contributed by atoms with van der Waals surface area (Å²) < 4.78 is 15.3. The van der Waals surface area contributed by atoms with Crippen molar-refractivity contribution in [2.24, 2.45) is 0 Å². The van der Waals surface area contributed by atoms with Crippen LogP contribution >= 0.6 is 23.4 Å². The van der Waals surface area contributed by atoms with Gasteiger partial charge in [0.25, 0.3) is 0 Å². The molecule has 2 nitrogen and oxygen atoms in total. The second-order valence-corrected chi connectivity index (χ2v) is 5.05. The van der Waals surface area contributed by atoms with Crippen LogP contribution in [0.2, 0.25) is 0 Å². The summed E-state index contributed by atoms with van der Waals surface area (Å²) in [5.74, 6) is 2.02. The van der Waals surface area contributed by atoms with E-state index in [9.17, 15) is 4.39 Å². The van der Waals surface area contributed by atoms with Crippen LogP contribution in [-0.4, -0.2) is 21.6 Å². The molecule has 0 aliphatic rings. The van der Waals surface area contributed by atoms with E-state index in [2.05, 4.69) is 11.2 Å². The van der Waals surface area contributed by atoms with Gasteiger partial charge in [0.05, 0.1) is 16.9 Å². The van der Waals surface area contributed by atoms with E-state index >= 15 is 0 Å². The van der Waals surface area contributed by atoms with E-state index in [4.69, 9.17) is 11.6 Å². The molecule has 92 valence electrons. The smallest absolute Gasteiger partial charge is 0.125 e. The number of fused-ring (bicyclic) bond motifs is 1. The predicted molar refractivity (Wildman–Crippen MR) is 72.2 cm³/mol. The Hall–Kier alpha value is -0.740. The number of benzene rings is 1. The van der Waals surface area contributed by atoms with E-state index in [0.29, 0.717) is 5.88 Å². The van der Waals surface area contributed by atoms with Gasteiger partial charge in [0.2, 0.25) is 0 Å². The van der Waals surface area contributed by atoms with Crippen LogP contribution in [0.4, 0.5) is 4.39 Å². The average Bonchev–Trinajstić information content (AvgIpc) is 2.67. The van der Waals surface area contributed by atoms with Crippen molar-refractivity contribution in [3.63, 3.8) is 0 Å². The molecule has 0 amide bonds. The van der Waals surface area contributed by atoms with Crippen molar-refractivity contribution in [1.82, 2.24) is 9.55 Å². The summed E-state index contributed by atoms with van der Waals surface area (Å²) >= 11 is 7.68. The summed E-state index contributed by atoms with van der Waals surface area (Å²) in [7, 11) is 0. The number of thioether (sulfide) groups is 1. The lowest BCUT2D eigenvalue weighted by Crippen LogP contribution is -2.03. The predicted octanol–water partition coefficient (Wildman–Crippen LogP) is 3.67. The van der Waals surface area contributed by atoms with Crippen molar-refractivity contribution in [1.29, 1.82) is 0 Å². The van der Waals surface area contributed by atoms with Gasteiger partial charge in [-0.1, -0.05) is 0 Å². The van der Waals surface area contributed by atoms with Gasteiger partial charge in [-0.05, 0) is 36.6 Å². The first-order chi connectivity index (χ1) is 8.26. The summed E-state index contributed by atoms with van der Waals surface area (Å²) in [5, 5.41) is 0. The van der Waals surface area contributed by atoms with Gasteiger partial charge in [0.1, 0.15) is 11.6 Å². The normalized spacial score (nSPS) is 11.2. The summed E-state index contributed by atoms with van der Waals surface area (Å²) in [5.41, 5.74) is 1.65. The molecule has 17 heavy (non-hydrogen) atoms. The molecule has 0 fully saturated rings. The Labute approximate surface area is 109 Å². The van der Waals surface area contributed by atoms with Gasteiger partial charge in [-0.15, -0.1) is 11.6 Å². The van der Waals surface area contributed by atoms with Gasteiger partial charge >= 0.3 is 0 Å². The van der Waals surface area contributed by atoms with E-state index in [-0.39, 0.29) is 5.82 Å². The number of aromatic nitrogens is 2. The van der Waals surface area contributed by atoms with Crippen LogP contribution in [0.3, 0.4) is 0 Å². The molecule has 0 unspecified atom stereocenters. The minimum absolute atomic E-state index is 0.232. The molecule has 2 rings (SSSR count). The zero-order valence-electron chi connectivity index (χ0n) is 9.62. The highest BCUT2D eigenvalue weighted by Crippen LogP contribution is 2.19. The van der Waals surface area contributed by atoms with Gasteiger partial charge in [-0.2, -0.15) is 11.8 Å². The molecule has 0 atom stereocenters. The number of nitrogens with zero attached hydrogens (tertiary/aromatic N) is 2. The summed E-state index contributed by atoms with van der Waals surface area (Å²) in [6.45, 7) is 0.836. The zero-order valence-corrected chi connectivity index (χ0v) is 11.2. The molecule has 2 aromatic rings. The van der Waals surface area contributed by atoms with Crippen LogP contribution in [0.1, 0.15) is 12.2 Å². The first-order valence-corrected chi connectivity index (χ1v) is 7.38. The van der Waals surface area contributed by atoms with Crippen LogP contribution in [0, 0.1) is 5.82 Å². The standard InChI is InChI=1S/C12H14ClFN2S/c1-17-6-2-5-16-11-7-9(14)3-4-10(11)15-12(16)8-13/h3-4,7H,2,5-6,8H2,1H3. The van der Waals surface area contributed by atoms with Crippen molar-refractivity contribution >= 4 is 34.4 Å². The maximum atomic E-state index is 13.2. The SMILES string of the molecule is CSCCCn1c(CCl)nc2ccc(F)cc21. The Morgan fingerprint density at radius 3 is 3.00 bits per heavy atom. The molecule has 0 spiro atoms. The molecular weight excluding hydrogens is 259 g/mol. The fourth-order valence-corrected chi connectivity index (χ4v) is 2.49. The lowest BCUT2D eigenvalue weighted by molar-refractivity contribution is 0.626. The third-order valence-corrected chi connectivity index (χ3v) is 3.58. The fourth-order valence-electron chi connectivity index (χ4n) is 1.86. The molecule has 0 aliphatic heterocycles. The molecular formula is C12H14ClFN2S. The molecule has 1 heterocycles. The van der Waals surface area contributed by atoms with Crippen LogP contribution in [-0.2, 0) is 12.4 Å². The van der Waals surface area contributed by atoms with Crippen LogP contribution in [0.5, 0.6) is 0 Å². The number of imidazole rings is 1. The maximum absolute atomic E-state index is 13.2. The Kier molecular flexibility index (Phi) is 4.29. The van der Waals surface area contributed by atoms with Crippen molar-refractivity contribution in [2.45, 2.75) is 18.8 Å². The van der Waals surface area contributed by atoms with Gasteiger partial charge in [-0.3, -0.25) is 0 Å². The summed E-state index contributed by atoms with van der Waals surface area (Å²) in [6, 6.07) is 4.66. The van der Waals surface area contributed by atoms with Crippen LogP contribution in [0.15, 0.2) is 18.2 Å². The Morgan fingerprint density at radius 2 is 2.29 bits per heavy atom. The van der Waals surface area contributed by atoms with Gasteiger partial charge in [-0.25, -0.2) is 9.37 Å². The zero-order chi connectivity index (χ0) is 12.3. The summed E-state index contributed by atoms with van der Waals surface area (Å²) in [6.07, 6.45) is 3.11. The largest absolute Gasteiger partial charge is 0.327 e. The van der Waals surface area contributed by atoms with Crippen molar-refractivity contribution in [3.8, 4) is 0 Å². The minimum atomic E-state index is -0.232. The third kappa shape index (κ3) is 2.75. The van der Waals surface area contributed by atoms with E-state index in [1.54, 1.807) is 17.8 Å². The fraction of sp³-hybridized carbons (Fsp3) is 0.417. The molecule has 5 heteroatoms. The Balaban J connectivity index is 2.38. The molecule has 0 saturated heterocycles. The Bertz CT molecular complexity index is 512.